The maximum Gasteiger partial charge on any atom is 0.0798 e. The third-order valence-corrected chi connectivity index (χ3v) is 4.20. The topological polar surface area (TPSA) is 28.2 Å². The van der Waals surface area contributed by atoms with Crippen LogP contribution in [-0.2, 0) is 6.54 Å². The summed E-state index contributed by atoms with van der Waals surface area (Å²) < 4.78 is 0. The van der Waals surface area contributed by atoms with Crippen LogP contribution in [0.1, 0.15) is 29.8 Å². The summed E-state index contributed by atoms with van der Waals surface area (Å²) in [6.07, 6.45) is 3.98. The van der Waals surface area contributed by atoms with E-state index in [-0.39, 0.29) is 0 Å². The Kier molecular flexibility index (Phi) is 4.32. The number of hydrogen-bond acceptors (Lipinski definition) is 4. The smallest absolute Gasteiger partial charge is 0.0798 e. The van der Waals surface area contributed by atoms with Gasteiger partial charge in [0.1, 0.15) is 0 Å². The van der Waals surface area contributed by atoms with Crippen molar-refractivity contribution in [3.63, 3.8) is 0 Å². The maximum atomic E-state index is 4.29. The molecule has 0 bridgehead atoms. The van der Waals surface area contributed by atoms with Crippen molar-refractivity contribution in [3.8, 4) is 0 Å². The first-order valence-corrected chi connectivity index (χ1v) is 6.94. The van der Waals surface area contributed by atoms with E-state index in [1.54, 1.807) is 11.3 Å². The van der Waals surface area contributed by atoms with Gasteiger partial charge in [-0.05, 0) is 46.3 Å². The van der Waals surface area contributed by atoms with E-state index in [1.165, 1.54) is 42.9 Å². The van der Waals surface area contributed by atoms with E-state index in [1.807, 2.05) is 5.51 Å². The Labute approximate surface area is 102 Å². The molecule has 3 nitrogen and oxygen atoms in total. The molecule has 1 aromatic rings. The van der Waals surface area contributed by atoms with E-state index in [0.29, 0.717) is 0 Å². The van der Waals surface area contributed by atoms with Crippen molar-refractivity contribution >= 4 is 11.3 Å². The number of hydrogen-bond donors (Lipinski definition) is 1. The van der Waals surface area contributed by atoms with Gasteiger partial charge < -0.3 is 10.2 Å². The highest BCUT2D eigenvalue weighted by Gasteiger charge is 2.14. The predicted molar refractivity (Wildman–Crippen MR) is 68.8 cm³/mol. The second-order valence-electron chi connectivity index (χ2n) is 4.68. The number of nitrogens with one attached hydrogen (secondary N) is 1. The number of aromatic nitrogens is 1. The lowest BCUT2D eigenvalue weighted by Gasteiger charge is -2.18. The second kappa shape index (κ2) is 5.75. The molecule has 0 aromatic carbocycles. The van der Waals surface area contributed by atoms with Crippen LogP contribution in [0, 0.1) is 6.92 Å². The van der Waals surface area contributed by atoms with Crippen LogP contribution in [0.15, 0.2) is 5.51 Å². The van der Waals surface area contributed by atoms with Gasteiger partial charge in [0.25, 0.3) is 0 Å². The molecule has 16 heavy (non-hydrogen) atoms. The molecule has 90 valence electrons. The second-order valence-corrected chi connectivity index (χ2v) is 5.62. The van der Waals surface area contributed by atoms with Crippen molar-refractivity contribution in [2.75, 3.05) is 20.1 Å². The maximum absolute atomic E-state index is 4.29. The molecule has 0 aliphatic carbocycles. The summed E-state index contributed by atoms with van der Waals surface area (Å²) in [4.78, 5) is 8.09. The van der Waals surface area contributed by atoms with Gasteiger partial charge in [-0.2, -0.15) is 0 Å². The number of aryl methyl sites for hydroxylation is 1. The molecule has 0 radical (unpaired) electrons. The molecule has 2 rings (SSSR count). The Hall–Kier alpha value is -0.450. The molecule has 1 aliphatic heterocycles. The number of thiazole rings is 1. The molecule has 1 saturated heterocycles. The molecule has 1 aromatic heterocycles. The van der Waals surface area contributed by atoms with Crippen LogP contribution in [0.3, 0.4) is 0 Å². The standard InChI is InChI=1S/C12H21N3S/c1-10-12(16-9-14-10)8-15(2)7-5-11-4-3-6-13-11/h9,11,13H,3-8H2,1-2H3. The SMILES string of the molecule is Cc1ncsc1CN(C)CCC1CCCN1. The fraction of sp³-hybridized carbons (Fsp3) is 0.750. The van der Waals surface area contributed by atoms with Gasteiger partial charge in [-0.1, -0.05) is 0 Å². The molecule has 0 amide bonds. The number of rotatable bonds is 5. The average molecular weight is 239 g/mol. The molecular weight excluding hydrogens is 218 g/mol. The molecule has 1 aliphatic rings. The quantitative estimate of drug-likeness (QED) is 0.852. The van der Waals surface area contributed by atoms with Crippen molar-refractivity contribution in [1.29, 1.82) is 0 Å². The molecule has 1 unspecified atom stereocenters. The lowest BCUT2D eigenvalue weighted by atomic mass is 10.1. The molecular formula is C12H21N3S. The van der Waals surface area contributed by atoms with Gasteiger partial charge in [0.2, 0.25) is 0 Å². The van der Waals surface area contributed by atoms with Crippen LogP contribution >= 0.6 is 11.3 Å². The van der Waals surface area contributed by atoms with Gasteiger partial charge >= 0.3 is 0 Å². The average Bonchev–Trinajstić information content (AvgIpc) is 2.88. The third kappa shape index (κ3) is 3.27. The van der Waals surface area contributed by atoms with Crippen LogP contribution in [-0.4, -0.2) is 36.1 Å². The summed E-state index contributed by atoms with van der Waals surface area (Å²) in [7, 11) is 2.20. The van der Waals surface area contributed by atoms with Crippen molar-refractivity contribution in [2.45, 2.75) is 38.8 Å². The zero-order valence-electron chi connectivity index (χ0n) is 10.2. The molecule has 1 fully saturated rings. The van der Waals surface area contributed by atoms with E-state index in [0.717, 1.165) is 12.6 Å². The van der Waals surface area contributed by atoms with E-state index < -0.39 is 0 Å². The van der Waals surface area contributed by atoms with E-state index in [4.69, 9.17) is 0 Å². The first-order valence-electron chi connectivity index (χ1n) is 6.06. The molecule has 0 spiro atoms. The van der Waals surface area contributed by atoms with Crippen molar-refractivity contribution < 1.29 is 0 Å². The van der Waals surface area contributed by atoms with E-state index in [2.05, 4.69) is 29.2 Å². The fourth-order valence-electron chi connectivity index (χ4n) is 2.18. The normalized spacial score (nSPS) is 20.8. The van der Waals surface area contributed by atoms with Gasteiger partial charge in [-0.3, -0.25) is 0 Å². The van der Waals surface area contributed by atoms with Crippen LogP contribution < -0.4 is 5.32 Å². The van der Waals surface area contributed by atoms with Crippen LogP contribution in [0.5, 0.6) is 0 Å². The first kappa shape index (κ1) is 12.0. The molecule has 1 atom stereocenters. The Morgan fingerprint density at radius 2 is 2.50 bits per heavy atom. The Morgan fingerprint density at radius 1 is 1.62 bits per heavy atom. The van der Waals surface area contributed by atoms with Crippen LogP contribution in [0.25, 0.3) is 0 Å². The largest absolute Gasteiger partial charge is 0.314 e. The van der Waals surface area contributed by atoms with E-state index in [9.17, 15) is 0 Å². The van der Waals surface area contributed by atoms with Gasteiger partial charge in [-0.15, -0.1) is 11.3 Å². The van der Waals surface area contributed by atoms with Gasteiger partial charge in [-0.25, -0.2) is 4.98 Å². The highest BCUT2D eigenvalue weighted by molar-refractivity contribution is 7.09. The third-order valence-electron chi connectivity index (χ3n) is 3.28. The Morgan fingerprint density at radius 3 is 3.12 bits per heavy atom. The minimum Gasteiger partial charge on any atom is -0.314 e. The van der Waals surface area contributed by atoms with Gasteiger partial charge in [0.15, 0.2) is 0 Å². The summed E-state index contributed by atoms with van der Waals surface area (Å²) in [5, 5.41) is 3.55. The van der Waals surface area contributed by atoms with Crippen LogP contribution in [0.4, 0.5) is 0 Å². The highest BCUT2D eigenvalue weighted by atomic mass is 32.1. The van der Waals surface area contributed by atoms with Gasteiger partial charge in [0, 0.05) is 17.5 Å². The summed E-state index contributed by atoms with van der Waals surface area (Å²) in [5.41, 5.74) is 3.13. The van der Waals surface area contributed by atoms with Gasteiger partial charge in [0.05, 0.1) is 11.2 Å². The molecule has 4 heteroatoms. The minimum atomic E-state index is 0.755. The van der Waals surface area contributed by atoms with Crippen molar-refractivity contribution in [1.82, 2.24) is 15.2 Å². The molecule has 0 saturated carbocycles. The fourth-order valence-corrected chi connectivity index (χ4v) is 3.04. The minimum absolute atomic E-state index is 0.755. The van der Waals surface area contributed by atoms with Crippen molar-refractivity contribution in [2.24, 2.45) is 0 Å². The monoisotopic (exact) mass is 239 g/mol. The zero-order chi connectivity index (χ0) is 11.4. The summed E-state index contributed by atoms with van der Waals surface area (Å²) in [6.45, 7) is 5.53. The lowest BCUT2D eigenvalue weighted by Crippen LogP contribution is -2.28. The summed E-state index contributed by atoms with van der Waals surface area (Å²) >= 11 is 1.77. The Balaban J connectivity index is 1.71. The zero-order valence-corrected chi connectivity index (χ0v) is 11.0. The predicted octanol–water partition coefficient (Wildman–Crippen LogP) is 2.03. The molecule has 1 N–H and O–H groups in total. The number of nitrogens with zero attached hydrogens (tertiary/aromatic N) is 2. The van der Waals surface area contributed by atoms with Crippen molar-refractivity contribution in [3.05, 3.63) is 16.1 Å². The first-order chi connectivity index (χ1) is 7.75. The van der Waals surface area contributed by atoms with Crippen LogP contribution in [0.2, 0.25) is 0 Å². The summed E-state index contributed by atoms with van der Waals surface area (Å²) in [5.74, 6) is 0. The summed E-state index contributed by atoms with van der Waals surface area (Å²) in [6, 6.07) is 0.755. The Bertz CT molecular complexity index is 318. The molecule has 2 heterocycles. The van der Waals surface area contributed by atoms with E-state index >= 15 is 0 Å². The highest BCUT2D eigenvalue weighted by Crippen LogP contribution is 2.15. The lowest BCUT2D eigenvalue weighted by molar-refractivity contribution is 0.307.